The maximum absolute atomic E-state index is 13.2. The third-order valence-corrected chi connectivity index (χ3v) is 8.82. The maximum atomic E-state index is 13.2. The van der Waals surface area contributed by atoms with Gasteiger partial charge in [0.25, 0.3) is 0 Å². The first-order chi connectivity index (χ1) is 19.8. The van der Waals surface area contributed by atoms with E-state index in [0.717, 1.165) is 38.8 Å². The fourth-order valence-electron chi connectivity index (χ4n) is 6.87. The molecule has 0 saturated carbocycles. The Morgan fingerprint density at radius 2 is 1.76 bits per heavy atom. The highest BCUT2D eigenvalue weighted by Crippen LogP contribution is 2.50. The van der Waals surface area contributed by atoms with E-state index in [-0.39, 0.29) is 29.8 Å². The van der Waals surface area contributed by atoms with E-state index >= 15 is 0 Å². The zero-order valence-electron chi connectivity index (χ0n) is 23.3. The van der Waals surface area contributed by atoms with E-state index in [1.807, 2.05) is 60.7 Å². The minimum Gasteiger partial charge on any atom is -0.507 e. The highest BCUT2D eigenvalue weighted by Gasteiger charge is 2.56. The Balaban J connectivity index is 1.30. The van der Waals surface area contributed by atoms with Crippen LogP contribution >= 0.6 is 0 Å². The number of hydrogen-bond donors (Lipinski definition) is 2. The average molecular weight is 551 g/mol. The number of allylic oxidation sites excluding steroid dienone is 1. The Hall–Kier alpha value is -3.88. The van der Waals surface area contributed by atoms with Crippen molar-refractivity contribution in [3.63, 3.8) is 0 Å². The van der Waals surface area contributed by atoms with Gasteiger partial charge in [-0.25, -0.2) is 0 Å². The second-order valence-electron chi connectivity index (χ2n) is 11.4. The minimum absolute atomic E-state index is 0.159. The lowest BCUT2D eigenvalue weighted by Gasteiger charge is -2.43. The Labute approximate surface area is 240 Å². The van der Waals surface area contributed by atoms with Crippen LogP contribution in [0.25, 0.3) is 16.8 Å². The summed E-state index contributed by atoms with van der Waals surface area (Å²) in [5, 5.41) is 22.8. The number of phenols is 1. The predicted octanol–water partition coefficient (Wildman–Crippen LogP) is 5.23. The molecule has 7 nitrogen and oxygen atoms in total. The van der Waals surface area contributed by atoms with Crippen LogP contribution in [0.1, 0.15) is 31.7 Å². The number of carbonyl (C=O) groups is 2. The minimum atomic E-state index is -1.01. The second kappa shape index (κ2) is 11.2. The highest BCUT2D eigenvalue weighted by molar-refractivity contribution is 6.43. The molecule has 3 aromatic carbocycles. The van der Waals surface area contributed by atoms with Crippen molar-refractivity contribution in [1.29, 1.82) is 0 Å². The summed E-state index contributed by atoms with van der Waals surface area (Å²) < 4.78 is 12.3. The van der Waals surface area contributed by atoms with Crippen LogP contribution in [0.2, 0.25) is 6.32 Å². The molecule has 41 heavy (non-hydrogen) atoms. The molecule has 0 radical (unpaired) electrons. The van der Waals surface area contributed by atoms with Crippen molar-refractivity contribution in [3.8, 4) is 11.5 Å². The van der Waals surface area contributed by atoms with E-state index in [0.29, 0.717) is 25.9 Å². The van der Waals surface area contributed by atoms with Gasteiger partial charge in [-0.15, -0.1) is 0 Å². The molecule has 1 aliphatic carbocycles. The Kier molecular flexibility index (Phi) is 7.45. The molecule has 210 valence electrons. The molecule has 8 heteroatoms. The van der Waals surface area contributed by atoms with Crippen LogP contribution in [0.5, 0.6) is 11.5 Å². The van der Waals surface area contributed by atoms with E-state index in [1.54, 1.807) is 13.1 Å². The molecule has 0 unspecified atom stereocenters. The average Bonchev–Trinajstić information content (AvgIpc) is 3.20. The van der Waals surface area contributed by atoms with Crippen LogP contribution in [0, 0.1) is 17.8 Å². The van der Waals surface area contributed by atoms with Crippen molar-refractivity contribution in [3.05, 3.63) is 89.0 Å². The number of hydrogen-bond acceptors (Lipinski definition) is 6. The molecule has 3 aliphatic rings. The standard InChI is InChI=1S/C33H34BNO6/c1-20(16-21-13-14-28(36)25-11-7-6-10-24(21)25)12-15-29-30-22(19-40-23-8-4-3-5-9-23)17-26-31(27(30)18-34(39)41-29)33(38)35(2)32(26)37/h3-11,13-14,16,26-27,29,31,36,39H,12,15,17-19H2,1-2H3/b20-16+/t26-,27+,29-,31-/m1/s1. The monoisotopic (exact) mass is 551 g/mol. The van der Waals surface area contributed by atoms with E-state index < -0.39 is 25.1 Å². The Bertz CT molecular complexity index is 1550. The molecule has 2 N–H and O–H groups in total. The van der Waals surface area contributed by atoms with Crippen molar-refractivity contribution >= 4 is 35.8 Å². The topological polar surface area (TPSA) is 96.3 Å². The van der Waals surface area contributed by atoms with E-state index in [2.05, 4.69) is 13.0 Å². The predicted molar refractivity (Wildman–Crippen MR) is 158 cm³/mol. The Morgan fingerprint density at radius 3 is 2.54 bits per heavy atom. The molecular formula is C33H34BNO6. The van der Waals surface area contributed by atoms with Gasteiger partial charge in [-0.2, -0.15) is 0 Å². The summed E-state index contributed by atoms with van der Waals surface area (Å²) in [4.78, 5) is 27.5. The summed E-state index contributed by atoms with van der Waals surface area (Å²) in [6.45, 7) is 2.37. The van der Waals surface area contributed by atoms with Crippen molar-refractivity contribution < 1.29 is 29.1 Å². The zero-order valence-corrected chi connectivity index (χ0v) is 23.3. The van der Waals surface area contributed by atoms with Gasteiger partial charge in [0, 0.05) is 12.4 Å². The number of ether oxygens (including phenoxy) is 1. The molecule has 3 aromatic rings. The van der Waals surface area contributed by atoms with Crippen LogP contribution in [-0.4, -0.2) is 53.7 Å². The molecule has 2 aliphatic heterocycles. The van der Waals surface area contributed by atoms with E-state index in [1.165, 1.54) is 4.90 Å². The number of amides is 2. The van der Waals surface area contributed by atoms with E-state index in [9.17, 15) is 19.7 Å². The van der Waals surface area contributed by atoms with Gasteiger partial charge in [0.2, 0.25) is 11.8 Å². The van der Waals surface area contributed by atoms with Crippen LogP contribution in [0.4, 0.5) is 0 Å². The lowest BCUT2D eigenvalue weighted by Crippen LogP contribution is -2.46. The third kappa shape index (κ3) is 5.18. The number of nitrogens with zero attached hydrogens (tertiary/aromatic N) is 1. The van der Waals surface area contributed by atoms with Crippen molar-refractivity contribution in [2.24, 2.45) is 17.8 Å². The maximum Gasteiger partial charge on any atom is 0.455 e. The van der Waals surface area contributed by atoms with Gasteiger partial charge in [0.05, 0.1) is 17.9 Å². The molecule has 6 rings (SSSR count). The quantitative estimate of drug-likeness (QED) is 0.237. The van der Waals surface area contributed by atoms with Gasteiger partial charge in [0.15, 0.2) is 0 Å². The van der Waals surface area contributed by atoms with Crippen molar-refractivity contribution in [2.75, 3.05) is 13.7 Å². The first-order valence-electron chi connectivity index (χ1n) is 14.2. The van der Waals surface area contributed by atoms with Gasteiger partial charge in [-0.3, -0.25) is 14.5 Å². The number of imide groups is 1. The first-order valence-corrected chi connectivity index (χ1v) is 14.2. The van der Waals surface area contributed by atoms with E-state index in [4.69, 9.17) is 9.39 Å². The van der Waals surface area contributed by atoms with Gasteiger partial charge in [-0.05, 0) is 78.7 Å². The number of para-hydroxylation sites is 1. The summed E-state index contributed by atoms with van der Waals surface area (Å²) in [6, 6.07) is 20.9. The molecule has 0 aromatic heterocycles. The summed E-state index contributed by atoms with van der Waals surface area (Å²) in [5.74, 6) is -0.538. The molecule has 2 amide bonds. The number of aromatic hydroxyl groups is 1. The fourth-order valence-corrected chi connectivity index (χ4v) is 6.87. The smallest absolute Gasteiger partial charge is 0.455 e. The highest BCUT2D eigenvalue weighted by atomic mass is 16.5. The van der Waals surface area contributed by atoms with Gasteiger partial charge >= 0.3 is 7.12 Å². The molecule has 0 bridgehead atoms. The summed E-state index contributed by atoms with van der Waals surface area (Å²) in [7, 11) is 0.542. The number of carbonyl (C=O) groups excluding carboxylic acids is 2. The zero-order chi connectivity index (χ0) is 28.7. The largest absolute Gasteiger partial charge is 0.507 e. The fraction of sp³-hybridized carbons (Fsp3) is 0.333. The SMILES string of the molecule is C/C(=C\c1ccc(O)c2ccccc12)CC[C@H]1OB(O)C[C@H]2C1=C(COc1ccccc1)C[C@H]1C(=O)N(C)C(=O)[C@H]12. The Morgan fingerprint density at radius 1 is 1.02 bits per heavy atom. The lowest BCUT2D eigenvalue weighted by molar-refractivity contribution is -0.138. The van der Waals surface area contributed by atoms with Crippen LogP contribution in [-0.2, 0) is 14.2 Å². The first kappa shape index (κ1) is 27.3. The lowest BCUT2D eigenvalue weighted by atomic mass is 9.58. The van der Waals surface area contributed by atoms with Crippen LogP contribution < -0.4 is 4.74 Å². The molecular weight excluding hydrogens is 517 g/mol. The van der Waals surface area contributed by atoms with Crippen LogP contribution in [0.3, 0.4) is 0 Å². The number of benzene rings is 3. The summed E-state index contributed by atoms with van der Waals surface area (Å²) in [5.41, 5.74) is 4.14. The third-order valence-electron chi connectivity index (χ3n) is 8.82. The number of likely N-dealkylation sites (tertiary alicyclic amines) is 1. The molecule has 4 atom stereocenters. The summed E-state index contributed by atoms with van der Waals surface area (Å²) >= 11 is 0. The number of fused-ring (bicyclic) bond motifs is 4. The van der Waals surface area contributed by atoms with Gasteiger partial charge < -0.3 is 19.5 Å². The number of phenolic OH excluding ortho intramolecular Hbond substituents is 1. The summed E-state index contributed by atoms with van der Waals surface area (Å²) in [6.07, 6.45) is 3.78. The van der Waals surface area contributed by atoms with Gasteiger partial charge in [0.1, 0.15) is 18.1 Å². The normalized spacial score (nSPS) is 24.6. The van der Waals surface area contributed by atoms with Crippen molar-refractivity contribution in [1.82, 2.24) is 4.90 Å². The van der Waals surface area contributed by atoms with Gasteiger partial charge in [-0.1, -0.05) is 60.2 Å². The molecule has 2 saturated heterocycles. The molecule has 2 heterocycles. The molecule has 2 fully saturated rings. The molecule has 0 spiro atoms. The number of rotatable bonds is 7. The second-order valence-corrected chi connectivity index (χ2v) is 11.4. The van der Waals surface area contributed by atoms with Crippen LogP contribution in [0.15, 0.2) is 83.4 Å². The van der Waals surface area contributed by atoms with Crippen molar-refractivity contribution in [2.45, 2.75) is 38.6 Å².